The van der Waals surface area contributed by atoms with E-state index in [1.165, 1.54) is 7.11 Å². The maximum absolute atomic E-state index is 11.8. The number of hydrogen-bond donors (Lipinski definition) is 3. The molecule has 0 bridgehead atoms. The number of carbonyl (C=O) groups is 2. The van der Waals surface area contributed by atoms with Gasteiger partial charge in [0, 0.05) is 12.0 Å². The van der Waals surface area contributed by atoms with Gasteiger partial charge in [-0.3, -0.25) is 15.0 Å². The molecule has 28 heavy (non-hydrogen) atoms. The van der Waals surface area contributed by atoms with E-state index in [4.69, 9.17) is 20.6 Å². The minimum atomic E-state index is -0.423. The molecule has 1 saturated heterocycles. The first-order chi connectivity index (χ1) is 13.5. The van der Waals surface area contributed by atoms with Crippen LogP contribution in [0.1, 0.15) is 18.4 Å². The second-order valence-electron chi connectivity index (χ2n) is 6.75. The molecule has 4 N–H and O–H groups in total. The van der Waals surface area contributed by atoms with Crippen molar-refractivity contribution in [3.8, 4) is 16.9 Å². The number of methoxy groups -OCH3 is 1. The quantitative estimate of drug-likeness (QED) is 0.403. The van der Waals surface area contributed by atoms with E-state index < -0.39 is 5.92 Å². The van der Waals surface area contributed by atoms with Gasteiger partial charge < -0.3 is 20.5 Å². The van der Waals surface area contributed by atoms with Crippen LogP contribution in [0.25, 0.3) is 11.1 Å². The molecule has 0 saturated carbocycles. The van der Waals surface area contributed by atoms with Crippen molar-refractivity contribution in [1.82, 2.24) is 5.32 Å². The largest absolute Gasteiger partial charge is 0.491 e. The summed E-state index contributed by atoms with van der Waals surface area (Å²) in [5, 5.41) is 10.3. The topological polar surface area (TPSA) is 115 Å². The number of benzene rings is 2. The molecular formula is C21H23N3O4. The van der Waals surface area contributed by atoms with E-state index in [0.29, 0.717) is 17.7 Å². The Hall–Kier alpha value is -3.35. The molecule has 2 atom stereocenters. The molecule has 1 fully saturated rings. The summed E-state index contributed by atoms with van der Waals surface area (Å²) in [6.45, 7) is 0.284. The van der Waals surface area contributed by atoms with Crippen LogP contribution >= 0.6 is 0 Å². The highest BCUT2D eigenvalue weighted by Crippen LogP contribution is 2.24. The molecule has 0 aliphatic carbocycles. The third-order valence-corrected chi connectivity index (χ3v) is 4.74. The molecule has 0 unspecified atom stereocenters. The van der Waals surface area contributed by atoms with Gasteiger partial charge in [-0.2, -0.15) is 0 Å². The van der Waals surface area contributed by atoms with Crippen LogP contribution in [0.4, 0.5) is 0 Å². The average molecular weight is 381 g/mol. The first kappa shape index (κ1) is 19.4. The number of amides is 1. The Kier molecular flexibility index (Phi) is 5.93. The van der Waals surface area contributed by atoms with Crippen LogP contribution in [0, 0.1) is 11.3 Å². The van der Waals surface area contributed by atoms with Crippen molar-refractivity contribution in [3.05, 3.63) is 54.1 Å². The van der Waals surface area contributed by atoms with Crippen LogP contribution in [0.2, 0.25) is 0 Å². The second-order valence-corrected chi connectivity index (χ2v) is 6.75. The monoisotopic (exact) mass is 381 g/mol. The molecule has 0 aromatic heterocycles. The number of piperidine rings is 1. The van der Waals surface area contributed by atoms with Crippen molar-refractivity contribution in [1.29, 1.82) is 5.41 Å². The lowest BCUT2D eigenvalue weighted by atomic mass is 9.92. The zero-order valence-corrected chi connectivity index (χ0v) is 15.6. The predicted molar refractivity (Wildman–Crippen MR) is 105 cm³/mol. The highest BCUT2D eigenvalue weighted by molar-refractivity contribution is 5.95. The lowest BCUT2D eigenvalue weighted by Crippen LogP contribution is -2.47. The normalized spacial score (nSPS) is 18.8. The highest BCUT2D eigenvalue weighted by Gasteiger charge is 2.32. The van der Waals surface area contributed by atoms with E-state index in [1.807, 2.05) is 48.5 Å². The summed E-state index contributed by atoms with van der Waals surface area (Å²) in [6.07, 6.45) is 0.652. The predicted octanol–water partition coefficient (Wildman–Crippen LogP) is 2.08. The Bertz CT molecular complexity index is 862. The minimum absolute atomic E-state index is 0.0412. The number of nitrogen functional groups attached to an aromatic ring is 1. The van der Waals surface area contributed by atoms with Crippen LogP contribution in [0.3, 0.4) is 0 Å². The van der Waals surface area contributed by atoms with Crippen LogP contribution in [0.5, 0.6) is 5.75 Å². The van der Waals surface area contributed by atoms with Gasteiger partial charge in [0.15, 0.2) is 0 Å². The maximum atomic E-state index is 11.8. The molecular weight excluding hydrogens is 358 g/mol. The van der Waals surface area contributed by atoms with E-state index >= 15 is 0 Å². The Labute approximate surface area is 163 Å². The van der Waals surface area contributed by atoms with Gasteiger partial charge in [-0.1, -0.05) is 36.4 Å². The summed E-state index contributed by atoms with van der Waals surface area (Å²) in [6, 6.07) is 14.8. The molecule has 1 aliphatic heterocycles. The van der Waals surface area contributed by atoms with Gasteiger partial charge in [-0.25, -0.2) is 0 Å². The van der Waals surface area contributed by atoms with Crippen LogP contribution in [0.15, 0.2) is 48.5 Å². The van der Waals surface area contributed by atoms with Crippen molar-refractivity contribution < 1.29 is 19.1 Å². The van der Waals surface area contributed by atoms with Gasteiger partial charge in [0.05, 0.1) is 19.1 Å². The van der Waals surface area contributed by atoms with Gasteiger partial charge in [-0.05, 0) is 29.7 Å². The second kappa shape index (κ2) is 8.56. The molecule has 7 nitrogen and oxygen atoms in total. The maximum Gasteiger partial charge on any atom is 0.309 e. The fourth-order valence-corrected chi connectivity index (χ4v) is 3.23. The summed E-state index contributed by atoms with van der Waals surface area (Å²) < 4.78 is 10.5. The van der Waals surface area contributed by atoms with Crippen molar-refractivity contribution in [3.63, 3.8) is 0 Å². The first-order valence-corrected chi connectivity index (χ1v) is 9.01. The fourth-order valence-electron chi connectivity index (χ4n) is 3.23. The third kappa shape index (κ3) is 4.68. The van der Waals surface area contributed by atoms with E-state index in [0.717, 1.165) is 11.1 Å². The van der Waals surface area contributed by atoms with E-state index in [1.54, 1.807) is 0 Å². The van der Waals surface area contributed by atoms with E-state index in [9.17, 15) is 9.59 Å². The van der Waals surface area contributed by atoms with E-state index in [2.05, 4.69) is 5.32 Å². The van der Waals surface area contributed by atoms with Gasteiger partial charge in [0.1, 0.15) is 18.2 Å². The third-order valence-electron chi connectivity index (χ3n) is 4.74. The lowest BCUT2D eigenvalue weighted by Gasteiger charge is -2.28. The van der Waals surface area contributed by atoms with E-state index in [-0.39, 0.29) is 36.8 Å². The van der Waals surface area contributed by atoms with Crippen LogP contribution < -0.4 is 15.8 Å². The number of carbonyl (C=O) groups excluding carboxylic acids is 2. The summed E-state index contributed by atoms with van der Waals surface area (Å²) in [5.74, 6) is -0.231. The molecule has 1 aliphatic rings. The summed E-state index contributed by atoms with van der Waals surface area (Å²) in [7, 11) is 1.33. The smallest absolute Gasteiger partial charge is 0.309 e. The highest BCUT2D eigenvalue weighted by atomic mass is 16.5. The summed E-state index contributed by atoms with van der Waals surface area (Å²) in [5.41, 5.74) is 8.18. The van der Waals surface area contributed by atoms with Crippen molar-refractivity contribution in [2.45, 2.75) is 18.9 Å². The molecule has 1 amide bonds. The molecule has 2 aromatic carbocycles. The van der Waals surface area contributed by atoms with Crippen molar-refractivity contribution >= 4 is 17.7 Å². The zero-order valence-electron chi connectivity index (χ0n) is 15.6. The number of rotatable bonds is 6. The number of hydrogen-bond acceptors (Lipinski definition) is 5. The molecule has 0 spiro atoms. The Morgan fingerprint density at radius 2 is 1.75 bits per heavy atom. The van der Waals surface area contributed by atoms with Gasteiger partial charge in [0.2, 0.25) is 5.91 Å². The standard InChI is InChI=1S/C21H23N3O4/c1-27-21(26)16-10-17(24-19(25)11-16)12-28-18-8-6-14(7-9-18)13-2-4-15(5-3-13)20(22)23/h2-9,16-17H,10-12H2,1H3,(H3,22,23)(H,24,25)/t16-,17+/m1/s1. The number of esters is 1. The van der Waals surface area contributed by atoms with Crippen LogP contribution in [-0.2, 0) is 14.3 Å². The molecule has 146 valence electrons. The molecule has 2 aromatic rings. The Morgan fingerprint density at radius 3 is 2.32 bits per heavy atom. The number of ether oxygens (including phenoxy) is 2. The molecule has 7 heteroatoms. The molecule has 0 radical (unpaired) electrons. The van der Waals surface area contributed by atoms with Gasteiger partial charge in [-0.15, -0.1) is 0 Å². The number of amidine groups is 1. The number of nitrogens with two attached hydrogens (primary N) is 1. The molecule has 1 heterocycles. The number of nitrogens with one attached hydrogen (secondary N) is 2. The average Bonchev–Trinajstić information content (AvgIpc) is 2.71. The van der Waals surface area contributed by atoms with Crippen molar-refractivity contribution in [2.24, 2.45) is 11.7 Å². The zero-order chi connectivity index (χ0) is 20.1. The van der Waals surface area contributed by atoms with Crippen molar-refractivity contribution in [2.75, 3.05) is 13.7 Å². The van der Waals surface area contributed by atoms with Crippen LogP contribution in [-0.4, -0.2) is 37.5 Å². The Balaban J connectivity index is 1.59. The minimum Gasteiger partial charge on any atom is -0.491 e. The lowest BCUT2D eigenvalue weighted by molar-refractivity contribution is -0.149. The SMILES string of the molecule is COC(=O)[C@H]1CC(=O)N[C@H](COc2ccc(-c3ccc(C(=N)N)cc3)cc2)C1. The summed E-state index contributed by atoms with van der Waals surface area (Å²) in [4.78, 5) is 23.5. The fraction of sp³-hybridized carbons (Fsp3) is 0.286. The molecule has 3 rings (SSSR count). The van der Waals surface area contributed by atoms with Gasteiger partial charge >= 0.3 is 5.97 Å². The Morgan fingerprint density at radius 1 is 1.14 bits per heavy atom. The summed E-state index contributed by atoms with van der Waals surface area (Å²) >= 11 is 0. The van der Waals surface area contributed by atoms with Gasteiger partial charge in [0.25, 0.3) is 0 Å². The first-order valence-electron chi connectivity index (χ1n) is 9.01.